The van der Waals surface area contributed by atoms with Crippen LogP contribution in [0.3, 0.4) is 0 Å². The molecule has 0 spiro atoms. The number of hydrogen-bond acceptors (Lipinski definition) is 5. The van der Waals surface area contributed by atoms with Crippen LogP contribution in [-0.4, -0.2) is 35.4 Å². The lowest BCUT2D eigenvalue weighted by Crippen LogP contribution is -2.36. The van der Waals surface area contributed by atoms with E-state index in [-0.39, 0.29) is 5.91 Å². The zero-order valence-corrected chi connectivity index (χ0v) is 17.5. The summed E-state index contributed by atoms with van der Waals surface area (Å²) in [5.74, 6) is 1.90. The van der Waals surface area contributed by atoms with Crippen LogP contribution in [0.15, 0.2) is 72.9 Å². The molecule has 0 atom stereocenters. The van der Waals surface area contributed by atoms with Gasteiger partial charge in [-0.2, -0.15) is 0 Å². The molecule has 6 nitrogen and oxygen atoms in total. The Kier molecular flexibility index (Phi) is 7.13. The van der Waals surface area contributed by atoms with Crippen molar-refractivity contribution in [1.82, 2.24) is 9.88 Å². The first-order valence-electron chi connectivity index (χ1n) is 10.7. The Bertz CT molecular complexity index is 954. The van der Waals surface area contributed by atoms with Gasteiger partial charge in [0, 0.05) is 6.07 Å². The maximum Gasteiger partial charge on any atom is 0.238 e. The molecule has 2 heterocycles. The van der Waals surface area contributed by atoms with Gasteiger partial charge in [-0.15, -0.1) is 0 Å². The highest BCUT2D eigenvalue weighted by Gasteiger charge is 2.14. The number of ether oxygens (including phenoxy) is 2. The molecule has 3 aromatic rings. The first kappa shape index (κ1) is 20.9. The molecule has 0 unspecified atom stereocenters. The van der Waals surface area contributed by atoms with Crippen molar-refractivity contribution in [3.63, 3.8) is 0 Å². The summed E-state index contributed by atoms with van der Waals surface area (Å²) in [6.45, 7) is 2.94. The molecule has 2 aromatic carbocycles. The van der Waals surface area contributed by atoms with Crippen LogP contribution in [0, 0.1) is 0 Å². The Hall–Kier alpha value is -3.38. The highest BCUT2D eigenvalue weighted by Crippen LogP contribution is 2.24. The molecule has 6 heteroatoms. The van der Waals surface area contributed by atoms with E-state index in [1.54, 1.807) is 18.3 Å². The summed E-state index contributed by atoms with van der Waals surface area (Å²) in [6.07, 6.45) is 5.20. The van der Waals surface area contributed by atoms with E-state index in [9.17, 15) is 4.79 Å². The molecular formula is C25H27N3O3. The van der Waals surface area contributed by atoms with Crippen LogP contribution in [0.2, 0.25) is 0 Å². The van der Waals surface area contributed by atoms with Crippen molar-refractivity contribution in [1.29, 1.82) is 0 Å². The average Bonchev–Trinajstić information content (AvgIpc) is 2.81. The monoisotopic (exact) mass is 417 g/mol. The van der Waals surface area contributed by atoms with Crippen molar-refractivity contribution in [2.75, 3.05) is 25.0 Å². The number of likely N-dealkylation sites (tertiary alicyclic amines) is 1. The van der Waals surface area contributed by atoms with E-state index in [0.717, 1.165) is 24.4 Å². The zero-order valence-electron chi connectivity index (χ0n) is 17.5. The standard InChI is InChI=1S/C25H27N3O3/c29-24(18-28-15-5-2-6-16-28)27-21-9-14-25(26-17-21)31-23-12-10-22(11-13-23)30-19-20-7-3-1-4-8-20/h1,3-4,7-14,17H,2,5-6,15-16,18-19H2,(H,27,29). The summed E-state index contributed by atoms with van der Waals surface area (Å²) in [5, 5.41) is 2.90. The quantitative estimate of drug-likeness (QED) is 0.566. The Labute approximate surface area is 182 Å². The number of nitrogens with zero attached hydrogens (tertiary/aromatic N) is 2. The predicted molar refractivity (Wildman–Crippen MR) is 120 cm³/mol. The number of pyridine rings is 1. The Balaban J connectivity index is 1.25. The second kappa shape index (κ2) is 10.6. The van der Waals surface area contributed by atoms with Gasteiger partial charge in [-0.1, -0.05) is 36.8 Å². The lowest BCUT2D eigenvalue weighted by molar-refractivity contribution is -0.117. The number of benzene rings is 2. The second-order valence-electron chi connectivity index (χ2n) is 7.62. The van der Waals surface area contributed by atoms with Crippen LogP contribution >= 0.6 is 0 Å². The van der Waals surface area contributed by atoms with Crippen LogP contribution in [-0.2, 0) is 11.4 Å². The number of hydrogen-bond donors (Lipinski definition) is 1. The van der Waals surface area contributed by atoms with Gasteiger partial charge in [-0.25, -0.2) is 4.98 Å². The molecule has 31 heavy (non-hydrogen) atoms. The fraction of sp³-hybridized carbons (Fsp3) is 0.280. The Morgan fingerprint density at radius 1 is 0.903 bits per heavy atom. The number of aromatic nitrogens is 1. The van der Waals surface area contributed by atoms with Gasteiger partial charge in [-0.3, -0.25) is 9.69 Å². The minimum absolute atomic E-state index is 0.0107. The van der Waals surface area contributed by atoms with Crippen LogP contribution in [0.5, 0.6) is 17.4 Å². The molecular weight excluding hydrogens is 390 g/mol. The second-order valence-corrected chi connectivity index (χ2v) is 7.62. The molecule has 1 amide bonds. The molecule has 1 saturated heterocycles. The third kappa shape index (κ3) is 6.55. The maximum atomic E-state index is 12.2. The lowest BCUT2D eigenvalue weighted by atomic mass is 10.1. The van der Waals surface area contributed by atoms with Crippen LogP contribution in [0.4, 0.5) is 5.69 Å². The summed E-state index contributed by atoms with van der Waals surface area (Å²) >= 11 is 0. The lowest BCUT2D eigenvalue weighted by Gasteiger charge is -2.25. The average molecular weight is 418 g/mol. The molecule has 0 radical (unpaired) electrons. The first-order valence-corrected chi connectivity index (χ1v) is 10.7. The van der Waals surface area contributed by atoms with E-state index in [4.69, 9.17) is 9.47 Å². The molecule has 1 N–H and O–H groups in total. The van der Waals surface area contributed by atoms with Crippen molar-refractivity contribution in [2.24, 2.45) is 0 Å². The summed E-state index contributed by atoms with van der Waals surface area (Å²) in [6, 6.07) is 21.0. The summed E-state index contributed by atoms with van der Waals surface area (Å²) in [4.78, 5) is 18.7. The summed E-state index contributed by atoms with van der Waals surface area (Å²) in [7, 11) is 0. The normalized spacial score (nSPS) is 14.1. The van der Waals surface area contributed by atoms with Gasteiger partial charge >= 0.3 is 0 Å². The van der Waals surface area contributed by atoms with Gasteiger partial charge in [0.2, 0.25) is 11.8 Å². The number of anilines is 1. The third-order valence-electron chi connectivity index (χ3n) is 5.13. The van der Waals surface area contributed by atoms with E-state index in [2.05, 4.69) is 15.2 Å². The fourth-order valence-electron chi connectivity index (χ4n) is 3.50. The first-order chi connectivity index (χ1) is 15.2. The molecule has 1 aromatic heterocycles. The molecule has 4 rings (SSSR count). The molecule has 1 aliphatic rings. The SMILES string of the molecule is O=C(CN1CCCCC1)Nc1ccc(Oc2ccc(OCc3ccccc3)cc2)nc1. The number of nitrogens with one attached hydrogen (secondary N) is 1. The topological polar surface area (TPSA) is 63.7 Å². The zero-order chi connectivity index (χ0) is 21.3. The Morgan fingerprint density at radius 2 is 1.65 bits per heavy atom. The number of amides is 1. The number of rotatable bonds is 8. The van der Waals surface area contributed by atoms with Crippen molar-refractivity contribution in [3.05, 3.63) is 78.5 Å². The molecule has 1 aliphatic heterocycles. The summed E-state index contributed by atoms with van der Waals surface area (Å²) < 4.78 is 11.6. The molecule has 160 valence electrons. The summed E-state index contributed by atoms with van der Waals surface area (Å²) in [5.41, 5.74) is 1.79. The molecule has 1 fully saturated rings. The van der Waals surface area contributed by atoms with Gasteiger partial charge in [0.1, 0.15) is 18.1 Å². The van der Waals surface area contributed by atoms with E-state index in [1.165, 1.54) is 19.3 Å². The van der Waals surface area contributed by atoms with Gasteiger partial charge in [0.05, 0.1) is 18.4 Å². The number of carbonyl (C=O) groups is 1. The van der Waals surface area contributed by atoms with Crippen LogP contribution < -0.4 is 14.8 Å². The van der Waals surface area contributed by atoms with Crippen molar-refractivity contribution in [3.8, 4) is 17.4 Å². The fourth-order valence-corrected chi connectivity index (χ4v) is 3.50. The van der Waals surface area contributed by atoms with E-state index in [0.29, 0.717) is 30.5 Å². The third-order valence-corrected chi connectivity index (χ3v) is 5.13. The largest absolute Gasteiger partial charge is 0.489 e. The van der Waals surface area contributed by atoms with E-state index >= 15 is 0 Å². The minimum atomic E-state index is -0.0107. The number of piperidine rings is 1. The highest BCUT2D eigenvalue weighted by atomic mass is 16.5. The highest BCUT2D eigenvalue weighted by molar-refractivity contribution is 5.92. The maximum absolute atomic E-state index is 12.2. The van der Waals surface area contributed by atoms with Gasteiger partial charge in [0.15, 0.2) is 0 Å². The molecule has 0 saturated carbocycles. The Morgan fingerprint density at radius 3 is 2.35 bits per heavy atom. The number of carbonyl (C=O) groups excluding carboxylic acids is 1. The molecule has 0 aliphatic carbocycles. The molecule has 0 bridgehead atoms. The smallest absolute Gasteiger partial charge is 0.238 e. The minimum Gasteiger partial charge on any atom is -0.489 e. The van der Waals surface area contributed by atoms with E-state index in [1.807, 2.05) is 54.6 Å². The van der Waals surface area contributed by atoms with Gasteiger partial charge in [-0.05, 0) is 61.8 Å². The predicted octanol–water partition coefficient (Wildman–Crippen LogP) is 4.88. The van der Waals surface area contributed by atoms with Crippen LogP contribution in [0.25, 0.3) is 0 Å². The van der Waals surface area contributed by atoms with Crippen molar-refractivity contribution >= 4 is 11.6 Å². The van der Waals surface area contributed by atoms with Crippen LogP contribution in [0.1, 0.15) is 24.8 Å². The van der Waals surface area contributed by atoms with Gasteiger partial charge in [0.25, 0.3) is 0 Å². The van der Waals surface area contributed by atoms with Crippen molar-refractivity contribution < 1.29 is 14.3 Å². The van der Waals surface area contributed by atoms with Crippen molar-refractivity contribution in [2.45, 2.75) is 25.9 Å². The van der Waals surface area contributed by atoms with E-state index < -0.39 is 0 Å². The van der Waals surface area contributed by atoms with Gasteiger partial charge < -0.3 is 14.8 Å².